The lowest BCUT2D eigenvalue weighted by Gasteiger charge is -2.20. The number of rotatable bonds is 6. The highest BCUT2D eigenvalue weighted by molar-refractivity contribution is 6.05. The summed E-state index contributed by atoms with van der Waals surface area (Å²) in [5, 5.41) is 14.6. The normalized spacial score (nSPS) is 14.9. The van der Waals surface area contributed by atoms with E-state index in [0.29, 0.717) is 25.3 Å². The van der Waals surface area contributed by atoms with Crippen LogP contribution in [0.5, 0.6) is 0 Å². The van der Waals surface area contributed by atoms with Crippen molar-refractivity contribution in [2.45, 2.75) is 25.9 Å². The first-order chi connectivity index (χ1) is 16.0. The predicted molar refractivity (Wildman–Crippen MR) is 125 cm³/mol. The van der Waals surface area contributed by atoms with Gasteiger partial charge in [0.05, 0.1) is 31.1 Å². The van der Waals surface area contributed by atoms with Gasteiger partial charge in [0.1, 0.15) is 17.7 Å². The molecule has 0 saturated heterocycles. The van der Waals surface area contributed by atoms with E-state index in [0.717, 1.165) is 33.1 Å². The number of hydrogen-bond donors (Lipinski definition) is 2. The second-order valence-corrected chi connectivity index (χ2v) is 8.05. The molecule has 0 spiro atoms. The number of carbonyl (C=O) groups is 1. The van der Waals surface area contributed by atoms with Gasteiger partial charge in [-0.25, -0.2) is 4.98 Å². The standard InChI is InChI=1S/C25H23N3O5/c1-15(17-6-7-22-19(12-17)18-4-2-3-5-21(18)33-22)27-24-25(31)28(14-23(29)30)20(13-26-24)16-8-10-32-11-9-16/h2-8,12-13,15H,9-11,14H2,1H3,(H,26,27)(H,29,30)/t15-/m1/s1. The van der Waals surface area contributed by atoms with Crippen LogP contribution < -0.4 is 10.9 Å². The van der Waals surface area contributed by atoms with Gasteiger partial charge >= 0.3 is 5.97 Å². The van der Waals surface area contributed by atoms with E-state index in [1.165, 1.54) is 4.57 Å². The van der Waals surface area contributed by atoms with Crippen LogP contribution in [0.15, 0.2) is 63.9 Å². The Bertz CT molecular complexity index is 1450. The number of furan rings is 1. The molecule has 3 heterocycles. The molecule has 8 nitrogen and oxygen atoms in total. The summed E-state index contributed by atoms with van der Waals surface area (Å²) in [6.07, 6.45) is 4.02. The average Bonchev–Trinajstić information content (AvgIpc) is 3.20. The number of nitrogens with one attached hydrogen (secondary N) is 1. The molecular weight excluding hydrogens is 422 g/mol. The maximum atomic E-state index is 13.2. The number of hydrogen-bond acceptors (Lipinski definition) is 6. The Balaban J connectivity index is 1.49. The fourth-order valence-corrected chi connectivity index (χ4v) is 4.20. The zero-order chi connectivity index (χ0) is 22.9. The molecule has 5 rings (SSSR count). The van der Waals surface area contributed by atoms with Gasteiger partial charge in [0.15, 0.2) is 5.82 Å². The first-order valence-electron chi connectivity index (χ1n) is 10.8. The van der Waals surface area contributed by atoms with Crippen molar-refractivity contribution in [3.8, 4) is 0 Å². The van der Waals surface area contributed by atoms with Crippen molar-refractivity contribution in [1.29, 1.82) is 0 Å². The summed E-state index contributed by atoms with van der Waals surface area (Å²) >= 11 is 0. The zero-order valence-corrected chi connectivity index (χ0v) is 18.1. The number of anilines is 1. The summed E-state index contributed by atoms with van der Waals surface area (Å²) < 4.78 is 12.5. The van der Waals surface area contributed by atoms with Crippen LogP contribution in [-0.2, 0) is 16.1 Å². The lowest BCUT2D eigenvalue weighted by Crippen LogP contribution is -2.31. The molecule has 0 bridgehead atoms. The highest BCUT2D eigenvalue weighted by Gasteiger charge is 2.19. The van der Waals surface area contributed by atoms with Crippen molar-refractivity contribution in [1.82, 2.24) is 9.55 Å². The summed E-state index contributed by atoms with van der Waals surface area (Å²) in [4.78, 5) is 29.0. The molecule has 0 amide bonds. The third kappa shape index (κ3) is 4.01. The molecule has 33 heavy (non-hydrogen) atoms. The Kier molecular flexibility index (Phi) is 5.43. The van der Waals surface area contributed by atoms with Crippen LogP contribution in [0.4, 0.5) is 5.82 Å². The number of carboxylic acid groups (broad SMARTS) is 1. The van der Waals surface area contributed by atoms with Crippen LogP contribution in [0.1, 0.15) is 30.6 Å². The third-order valence-electron chi connectivity index (χ3n) is 5.89. The van der Waals surface area contributed by atoms with Crippen LogP contribution in [0, 0.1) is 0 Å². The number of aliphatic carboxylic acids is 1. The molecule has 0 fully saturated rings. The summed E-state index contributed by atoms with van der Waals surface area (Å²) in [6, 6.07) is 13.5. The molecule has 168 valence electrons. The van der Waals surface area contributed by atoms with Crippen molar-refractivity contribution in [3.05, 3.63) is 76.3 Å². The van der Waals surface area contributed by atoms with E-state index in [1.807, 2.05) is 55.5 Å². The van der Waals surface area contributed by atoms with Crippen LogP contribution in [-0.4, -0.2) is 33.8 Å². The number of aromatic nitrogens is 2. The Hall–Kier alpha value is -3.91. The molecule has 2 aromatic carbocycles. The summed E-state index contributed by atoms with van der Waals surface area (Å²) in [5.74, 6) is -0.981. The van der Waals surface area contributed by atoms with Gasteiger partial charge in [0, 0.05) is 10.8 Å². The first kappa shape index (κ1) is 21.0. The summed E-state index contributed by atoms with van der Waals surface area (Å²) in [5.41, 5.74) is 3.48. The minimum absolute atomic E-state index is 0.109. The van der Waals surface area contributed by atoms with Crippen molar-refractivity contribution in [2.75, 3.05) is 18.5 Å². The molecule has 0 aliphatic carbocycles. The highest BCUT2D eigenvalue weighted by Crippen LogP contribution is 2.31. The maximum Gasteiger partial charge on any atom is 0.323 e. The Labute approximate surface area is 189 Å². The summed E-state index contributed by atoms with van der Waals surface area (Å²) in [6.45, 7) is 2.44. The van der Waals surface area contributed by atoms with Crippen molar-refractivity contribution in [2.24, 2.45) is 0 Å². The van der Waals surface area contributed by atoms with Crippen LogP contribution >= 0.6 is 0 Å². The summed E-state index contributed by atoms with van der Waals surface area (Å²) in [7, 11) is 0. The molecule has 4 aromatic rings. The van der Waals surface area contributed by atoms with Gasteiger partial charge in [-0.05, 0) is 42.7 Å². The van der Waals surface area contributed by atoms with Gasteiger partial charge in [0.2, 0.25) is 0 Å². The molecule has 0 unspecified atom stereocenters. The molecule has 1 aliphatic heterocycles. The predicted octanol–water partition coefficient (Wildman–Crippen LogP) is 4.20. The number of carboxylic acids is 1. The van der Waals surface area contributed by atoms with E-state index >= 15 is 0 Å². The van der Waals surface area contributed by atoms with Gasteiger partial charge in [0.25, 0.3) is 5.56 Å². The van der Waals surface area contributed by atoms with Crippen LogP contribution in [0.25, 0.3) is 27.5 Å². The maximum absolute atomic E-state index is 13.2. The number of benzene rings is 2. The van der Waals surface area contributed by atoms with E-state index in [4.69, 9.17) is 9.15 Å². The van der Waals surface area contributed by atoms with E-state index in [9.17, 15) is 14.7 Å². The van der Waals surface area contributed by atoms with Gasteiger partial charge in [-0.3, -0.25) is 14.2 Å². The molecule has 8 heteroatoms. The highest BCUT2D eigenvalue weighted by atomic mass is 16.5. The van der Waals surface area contributed by atoms with E-state index in [-0.39, 0.29) is 11.9 Å². The average molecular weight is 445 g/mol. The molecule has 0 radical (unpaired) electrons. The SMILES string of the molecule is C[C@@H](Nc1ncc(C2=CCOCC2)n(CC(=O)O)c1=O)c1ccc2oc3ccccc3c2c1. The van der Waals surface area contributed by atoms with Crippen molar-refractivity contribution < 1.29 is 19.1 Å². The lowest BCUT2D eigenvalue weighted by atomic mass is 10.0. The molecule has 1 aliphatic rings. The van der Waals surface area contributed by atoms with Crippen molar-refractivity contribution >= 4 is 39.3 Å². The minimum atomic E-state index is -1.09. The smallest absolute Gasteiger partial charge is 0.323 e. The monoisotopic (exact) mass is 445 g/mol. The van der Waals surface area contributed by atoms with Crippen LogP contribution in [0.2, 0.25) is 0 Å². The number of ether oxygens (including phenoxy) is 1. The number of fused-ring (bicyclic) bond motifs is 3. The number of nitrogens with zero attached hydrogens (tertiary/aromatic N) is 2. The molecule has 2 aromatic heterocycles. The van der Waals surface area contributed by atoms with Crippen LogP contribution in [0.3, 0.4) is 0 Å². The fourth-order valence-electron chi connectivity index (χ4n) is 4.20. The topological polar surface area (TPSA) is 107 Å². The lowest BCUT2D eigenvalue weighted by molar-refractivity contribution is -0.137. The third-order valence-corrected chi connectivity index (χ3v) is 5.89. The minimum Gasteiger partial charge on any atom is -0.480 e. The van der Waals surface area contributed by atoms with E-state index in [1.54, 1.807) is 6.20 Å². The van der Waals surface area contributed by atoms with E-state index in [2.05, 4.69) is 10.3 Å². The van der Waals surface area contributed by atoms with Crippen molar-refractivity contribution in [3.63, 3.8) is 0 Å². The molecule has 0 saturated carbocycles. The Morgan fingerprint density at radius 3 is 2.82 bits per heavy atom. The van der Waals surface area contributed by atoms with E-state index < -0.39 is 18.1 Å². The number of para-hydroxylation sites is 1. The molecule has 2 N–H and O–H groups in total. The van der Waals surface area contributed by atoms with Gasteiger partial charge in [-0.2, -0.15) is 0 Å². The Morgan fingerprint density at radius 2 is 2.03 bits per heavy atom. The van der Waals surface area contributed by atoms with Gasteiger partial charge in [-0.1, -0.05) is 30.3 Å². The molecule has 1 atom stereocenters. The second kappa shape index (κ2) is 8.55. The zero-order valence-electron chi connectivity index (χ0n) is 18.1. The Morgan fingerprint density at radius 1 is 1.21 bits per heavy atom. The molecular formula is C25H23N3O5. The van der Waals surface area contributed by atoms with Gasteiger partial charge in [-0.15, -0.1) is 0 Å². The second-order valence-electron chi connectivity index (χ2n) is 8.05. The quantitative estimate of drug-likeness (QED) is 0.458. The largest absolute Gasteiger partial charge is 0.480 e. The fraction of sp³-hybridized carbons (Fsp3) is 0.240. The van der Waals surface area contributed by atoms with Gasteiger partial charge < -0.3 is 19.6 Å². The first-order valence-corrected chi connectivity index (χ1v) is 10.8.